The van der Waals surface area contributed by atoms with Gasteiger partial charge in [0.2, 0.25) is 10.0 Å². The van der Waals surface area contributed by atoms with Crippen molar-refractivity contribution in [2.45, 2.75) is 24.0 Å². The van der Waals surface area contributed by atoms with Crippen molar-refractivity contribution in [2.24, 2.45) is 0 Å². The third kappa shape index (κ3) is 3.83. The van der Waals surface area contributed by atoms with E-state index in [1.807, 2.05) is 4.72 Å². The van der Waals surface area contributed by atoms with E-state index >= 15 is 0 Å². The van der Waals surface area contributed by atoms with Crippen LogP contribution in [0.1, 0.15) is 12.5 Å². The average Bonchev–Trinajstić information content (AvgIpc) is 2.26. The van der Waals surface area contributed by atoms with Crippen LogP contribution in [0.25, 0.3) is 0 Å². The van der Waals surface area contributed by atoms with E-state index in [-0.39, 0.29) is 0 Å². The van der Waals surface area contributed by atoms with Gasteiger partial charge in [-0.25, -0.2) is 8.42 Å². The van der Waals surface area contributed by atoms with E-state index in [0.29, 0.717) is 12.1 Å². The van der Waals surface area contributed by atoms with E-state index in [9.17, 15) is 21.6 Å². The number of hydrogen-bond donors (Lipinski definition) is 1. The molecule has 0 heterocycles. The van der Waals surface area contributed by atoms with Crippen molar-refractivity contribution in [1.82, 2.24) is 4.72 Å². The normalized spacial score (nSPS) is 13.9. The zero-order valence-corrected chi connectivity index (χ0v) is 11.1. The van der Waals surface area contributed by atoms with Crippen molar-refractivity contribution in [1.29, 1.82) is 5.26 Å². The van der Waals surface area contributed by atoms with Crippen LogP contribution in [0.2, 0.25) is 5.02 Å². The van der Waals surface area contributed by atoms with Crippen molar-refractivity contribution in [3.8, 4) is 6.07 Å². The number of sulfonamides is 1. The Morgan fingerprint density at radius 2 is 2.00 bits per heavy atom. The Bertz CT molecular complexity index is 623. The number of benzene rings is 1. The summed E-state index contributed by atoms with van der Waals surface area (Å²) in [7, 11) is -4.14. The highest BCUT2D eigenvalue weighted by atomic mass is 35.5. The Morgan fingerprint density at radius 1 is 1.42 bits per heavy atom. The molecule has 1 rings (SSSR count). The number of halogens is 4. The Morgan fingerprint density at radius 3 is 2.42 bits per heavy atom. The first kappa shape index (κ1) is 15.8. The van der Waals surface area contributed by atoms with E-state index in [2.05, 4.69) is 0 Å². The van der Waals surface area contributed by atoms with Crippen molar-refractivity contribution in [3.05, 3.63) is 28.8 Å². The number of alkyl halides is 3. The molecule has 0 aromatic heterocycles. The monoisotopic (exact) mass is 312 g/mol. The zero-order chi connectivity index (χ0) is 14.8. The molecule has 104 valence electrons. The lowest BCUT2D eigenvalue weighted by Gasteiger charge is -2.12. The summed E-state index contributed by atoms with van der Waals surface area (Å²) in [5.41, 5.74) is -1.05. The molecule has 0 aliphatic rings. The topological polar surface area (TPSA) is 70.0 Å². The van der Waals surface area contributed by atoms with E-state index in [1.54, 1.807) is 6.07 Å². The van der Waals surface area contributed by atoms with Crippen molar-refractivity contribution in [2.75, 3.05) is 0 Å². The summed E-state index contributed by atoms with van der Waals surface area (Å²) in [6.07, 6.45) is -4.61. The molecule has 0 spiro atoms. The van der Waals surface area contributed by atoms with Gasteiger partial charge >= 0.3 is 6.18 Å². The molecule has 0 aliphatic carbocycles. The molecule has 1 aromatic carbocycles. The highest BCUT2D eigenvalue weighted by Crippen LogP contribution is 2.33. The molecule has 4 nitrogen and oxygen atoms in total. The SMILES string of the molecule is CC(C#N)NS(=O)(=O)c1ccc(C(F)(F)F)cc1Cl. The number of hydrogen-bond acceptors (Lipinski definition) is 3. The molecule has 9 heteroatoms. The van der Waals surface area contributed by atoms with E-state index in [0.717, 1.165) is 6.07 Å². The van der Waals surface area contributed by atoms with Crippen LogP contribution < -0.4 is 4.72 Å². The molecule has 1 unspecified atom stereocenters. The third-order valence-electron chi connectivity index (χ3n) is 2.07. The van der Waals surface area contributed by atoms with Crippen LogP contribution >= 0.6 is 11.6 Å². The molecule has 1 aromatic rings. The van der Waals surface area contributed by atoms with Gasteiger partial charge in [-0.1, -0.05) is 11.6 Å². The van der Waals surface area contributed by atoms with Crippen LogP contribution in [0.15, 0.2) is 23.1 Å². The summed E-state index contributed by atoms with van der Waals surface area (Å²) >= 11 is 5.54. The van der Waals surface area contributed by atoms with Gasteiger partial charge in [-0.3, -0.25) is 0 Å². The second kappa shape index (κ2) is 5.36. The van der Waals surface area contributed by atoms with Gasteiger partial charge in [0.15, 0.2) is 0 Å². The Balaban J connectivity index is 3.21. The molecule has 0 bridgehead atoms. The van der Waals surface area contributed by atoms with E-state index in [1.165, 1.54) is 6.92 Å². The summed E-state index contributed by atoms with van der Waals surface area (Å²) in [4.78, 5) is -0.510. The van der Waals surface area contributed by atoms with Crippen molar-refractivity contribution >= 4 is 21.6 Å². The lowest BCUT2D eigenvalue weighted by Crippen LogP contribution is -2.31. The maximum Gasteiger partial charge on any atom is 0.416 e. The van der Waals surface area contributed by atoms with Gasteiger partial charge < -0.3 is 0 Å². The van der Waals surface area contributed by atoms with Crippen LogP contribution in [0, 0.1) is 11.3 Å². The first-order valence-electron chi connectivity index (χ1n) is 4.86. The molecule has 0 saturated heterocycles. The minimum absolute atomic E-state index is 0.510. The number of rotatable bonds is 3. The highest BCUT2D eigenvalue weighted by Gasteiger charge is 2.32. The second-order valence-corrected chi connectivity index (χ2v) is 5.70. The largest absolute Gasteiger partial charge is 0.416 e. The standard InChI is InChI=1S/C10H8ClF3N2O2S/c1-6(5-15)16-19(17,18)9-3-2-7(4-8(9)11)10(12,13)14/h2-4,6,16H,1H3. The third-order valence-corrected chi connectivity index (χ3v) is 4.10. The maximum absolute atomic E-state index is 12.4. The lowest BCUT2D eigenvalue weighted by atomic mass is 10.2. The fourth-order valence-electron chi connectivity index (χ4n) is 1.22. The van der Waals surface area contributed by atoms with E-state index in [4.69, 9.17) is 16.9 Å². The van der Waals surface area contributed by atoms with Crippen LogP contribution in [0.3, 0.4) is 0 Å². The van der Waals surface area contributed by atoms with Gasteiger partial charge in [-0.2, -0.15) is 23.2 Å². The van der Waals surface area contributed by atoms with E-state index < -0.39 is 37.7 Å². The van der Waals surface area contributed by atoms with Crippen molar-refractivity contribution < 1.29 is 21.6 Å². The van der Waals surface area contributed by atoms with Crippen LogP contribution in [-0.4, -0.2) is 14.5 Å². The van der Waals surface area contributed by atoms with Gasteiger partial charge in [-0.05, 0) is 25.1 Å². The highest BCUT2D eigenvalue weighted by molar-refractivity contribution is 7.89. The number of nitrogens with one attached hydrogen (secondary N) is 1. The Labute approximate surface area is 112 Å². The van der Waals surface area contributed by atoms with Gasteiger partial charge in [0.25, 0.3) is 0 Å². The summed E-state index contributed by atoms with van der Waals surface area (Å²) in [5.74, 6) is 0. The Kier molecular flexibility index (Phi) is 4.45. The minimum Gasteiger partial charge on any atom is -0.207 e. The zero-order valence-electron chi connectivity index (χ0n) is 9.49. The smallest absolute Gasteiger partial charge is 0.207 e. The minimum atomic E-state index is -4.61. The van der Waals surface area contributed by atoms with Gasteiger partial charge in [-0.15, -0.1) is 0 Å². The van der Waals surface area contributed by atoms with Gasteiger partial charge in [0, 0.05) is 0 Å². The lowest BCUT2D eigenvalue weighted by molar-refractivity contribution is -0.137. The van der Waals surface area contributed by atoms with Gasteiger partial charge in [0.1, 0.15) is 10.9 Å². The van der Waals surface area contributed by atoms with Gasteiger partial charge in [0.05, 0.1) is 16.7 Å². The van der Waals surface area contributed by atoms with Crippen LogP contribution in [0.4, 0.5) is 13.2 Å². The average molecular weight is 313 g/mol. The fourth-order valence-corrected chi connectivity index (χ4v) is 2.91. The fraction of sp³-hybridized carbons (Fsp3) is 0.300. The second-order valence-electron chi connectivity index (χ2n) is 3.62. The molecular formula is C10H8ClF3N2O2S. The molecule has 19 heavy (non-hydrogen) atoms. The van der Waals surface area contributed by atoms with Crippen molar-refractivity contribution in [3.63, 3.8) is 0 Å². The molecule has 0 saturated carbocycles. The van der Waals surface area contributed by atoms with Crippen LogP contribution in [-0.2, 0) is 16.2 Å². The number of nitriles is 1. The summed E-state index contributed by atoms with van der Waals surface area (Å²) < 4.78 is 62.7. The first-order chi connectivity index (χ1) is 8.58. The molecule has 0 fully saturated rings. The Hall–Kier alpha value is -1.30. The maximum atomic E-state index is 12.4. The summed E-state index contributed by atoms with van der Waals surface area (Å²) in [6, 6.07) is 2.49. The van der Waals surface area contributed by atoms with Crippen LogP contribution in [0.5, 0.6) is 0 Å². The molecule has 0 amide bonds. The summed E-state index contributed by atoms with van der Waals surface area (Å²) in [6.45, 7) is 1.29. The first-order valence-corrected chi connectivity index (χ1v) is 6.72. The molecule has 1 atom stereocenters. The molecular weight excluding hydrogens is 305 g/mol. The molecule has 0 radical (unpaired) electrons. The molecule has 0 aliphatic heterocycles. The quantitative estimate of drug-likeness (QED) is 0.932. The summed E-state index contributed by atoms with van der Waals surface area (Å²) in [5, 5.41) is 7.94. The predicted molar refractivity (Wildman–Crippen MR) is 61.9 cm³/mol. The molecule has 1 N–H and O–H groups in total. The number of nitrogens with zero attached hydrogens (tertiary/aromatic N) is 1. The predicted octanol–water partition coefficient (Wildman–Crippen LogP) is 2.55.